The van der Waals surface area contributed by atoms with Crippen LogP contribution in [0.4, 0.5) is 5.69 Å². The molecule has 0 radical (unpaired) electrons. The predicted molar refractivity (Wildman–Crippen MR) is 84.5 cm³/mol. The molecule has 0 unspecified atom stereocenters. The number of carbonyl (C=O) groups is 1. The van der Waals surface area contributed by atoms with E-state index in [4.69, 9.17) is 23.2 Å². The number of halogens is 2. The van der Waals surface area contributed by atoms with E-state index in [1.54, 1.807) is 18.2 Å². The Morgan fingerprint density at radius 1 is 1.35 bits per heavy atom. The molecule has 0 aliphatic carbocycles. The monoisotopic (exact) mass is 314 g/mol. The fourth-order valence-corrected chi connectivity index (χ4v) is 2.87. The molecule has 0 bridgehead atoms. The minimum Gasteiger partial charge on any atom is -0.323 e. The van der Waals surface area contributed by atoms with Crippen molar-refractivity contribution in [3.8, 4) is 0 Å². The van der Waals surface area contributed by atoms with Crippen molar-refractivity contribution in [2.75, 3.05) is 18.4 Å². The second kappa shape index (κ2) is 6.79. The molecule has 2 rings (SSSR count). The standard InChI is InChI=1S/C15H20Cl2N2O/c1-10-5-7-19(8-6-10)11(2)15(20)18-14-4-3-12(16)9-13(14)17/h3-4,9-11H,5-8H2,1-2H3,(H,18,20)/t11-/m1/s1. The van der Waals surface area contributed by atoms with E-state index in [1.165, 1.54) is 0 Å². The zero-order valence-electron chi connectivity index (χ0n) is 11.8. The fraction of sp³-hybridized carbons (Fsp3) is 0.533. The minimum atomic E-state index is -0.144. The van der Waals surface area contributed by atoms with Crippen LogP contribution < -0.4 is 5.32 Å². The van der Waals surface area contributed by atoms with Crippen molar-refractivity contribution in [2.24, 2.45) is 5.92 Å². The molecule has 0 saturated carbocycles. The average Bonchev–Trinajstić information content (AvgIpc) is 2.42. The number of amides is 1. The molecule has 1 amide bonds. The maximum absolute atomic E-state index is 12.3. The van der Waals surface area contributed by atoms with E-state index in [-0.39, 0.29) is 11.9 Å². The summed E-state index contributed by atoms with van der Waals surface area (Å²) in [6.45, 7) is 6.15. The van der Waals surface area contributed by atoms with Gasteiger partial charge in [0.25, 0.3) is 0 Å². The second-order valence-corrected chi connectivity index (χ2v) is 6.35. The number of likely N-dealkylation sites (tertiary alicyclic amines) is 1. The molecule has 1 atom stereocenters. The molecule has 0 spiro atoms. The normalized spacial score (nSPS) is 18.8. The van der Waals surface area contributed by atoms with Gasteiger partial charge in [0.15, 0.2) is 0 Å². The van der Waals surface area contributed by atoms with Crippen molar-refractivity contribution >= 4 is 34.8 Å². The lowest BCUT2D eigenvalue weighted by molar-refractivity contribution is -0.121. The van der Waals surface area contributed by atoms with Gasteiger partial charge in [-0.3, -0.25) is 9.69 Å². The quantitative estimate of drug-likeness (QED) is 0.912. The lowest BCUT2D eigenvalue weighted by Crippen LogP contribution is -2.45. The number of benzene rings is 1. The van der Waals surface area contributed by atoms with Gasteiger partial charge in [-0.25, -0.2) is 0 Å². The summed E-state index contributed by atoms with van der Waals surface area (Å²) in [4.78, 5) is 14.5. The van der Waals surface area contributed by atoms with Crippen molar-refractivity contribution in [2.45, 2.75) is 32.7 Å². The maximum Gasteiger partial charge on any atom is 0.241 e. The van der Waals surface area contributed by atoms with Crippen molar-refractivity contribution in [3.63, 3.8) is 0 Å². The fourth-order valence-electron chi connectivity index (χ4n) is 2.41. The van der Waals surface area contributed by atoms with E-state index in [9.17, 15) is 4.79 Å². The Bertz CT molecular complexity index is 485. The third-order valence-corrected chi connectivity index (χ3v) is 4.48. The van der Waals surface area contributed by atoms with E-state index >= 15 is 0 Å². The van der Waals surface area contributed by atoms with Gasteiger partial charge in [0, 0.05) is 5.02 Å². The SMILES string of the molecule is CC1CCN([C@H](C)C(=O)Nc2ccc(Cl)cc2Cl)CC1. The predicted octanol–water partition coefficient (Wildman–Crippen LogP) is 4.05. The van der Waals surface area contributed by atoms with Gasteiger partial charge in [-0.05, 0) is 57.0 Å². The van der Waals surface area contributed by atoms with Gasteiger partial charge in [-0.1, -0.05) is 30.1 Å². The van der Waals surface area contributed by atoms with E-state index in [0.29, 0.717) is 15.7 Å². The first-order valence-corrected chi connectivity index (χ1v) is 7.73. The van der Waals surface area contributed by atoms with Crippen LogP contribution in [0.2, 0.25) is 10.0 Å². The Morgan fingerprint density at radius 2 is 2.00 bits per heavy atom. The van der Waals surface area contributed by atoms with Crippen molar-refractivity contribution < 1.29 is 4.79 Å². The molecule has 1 heterocycles. The van der Waals surface area contributed by atoms with Gasteiger partial charge in [-0.2, -0.15) is 0 Å². The van der Waals surface area contributed by atoms with E-state index < -0.39 is 0 Å². The summed E-state index contributed by atoms with van der Waals surface area (Å²) in [5, 5.41) is 3.90. The number of nitrogens with zero attached hydrogens (tertiary/aromatic N) is 1. The summed E-state index contributed by atoms with van der Waals surface area (Å²) in [5.41, 5.74) is 0.610. The molecule has 1 N–H and O–H groups in total. The van der Waals surface area contributed by atoms with E-state index in [2.05, 4.69) is 17.1 Å². The van der Waals surface area contributed by atoms with E-state index in [1.807, 2.05) is 6.92 Å². The third-order valence-electron chi connectivity index (χ3n) is 3.93. The summed E-state index contributed by atoms with van der Waals surface area (Å²) in [7, 11) is 0. The van der Waals surface area contributed by atoms with Gasteiger partial charge in [-0.15, -0.1) is 0 Å². The molecule has 0 aromatic heterocycles. The van der Waals surface area contributed by atoms with Gasteiger partial charge in [0.1, 0.15) is 0 Å². The van der Waals surface area contributed by atoms with E-state index in [0.717, 1.165) is 31.8 Å². The lowest BCUT2D eigenvalue weighted by Gasteiger charge is -2.34. The van der Waals surface area contributed by atoms with Crippen LogP contribution in [-0.4, -0.2) is 29.9 Å². The number of carbonyl (C=O) groups excluding carboxylic acids is 1. The zero-order valence-corrected chi connectivity index (χ0v) is 13.3. The number of hydrogen-bond donors (Lipinski definition) is 1. The highest BCUT2D eigenvalue weighted by molar-refractivity contribution is 6.36. The molecule has 5 heteroatoms. The summed E-state index contributed by atoms with van der Waals surface area (Å²) in [5.74, 6) is 0.732. The molecule has 1 aromatic rings. The lowest BCUT2D eigenvalue weighted by atomic mass is 9.98. The number of hydrogen-bond acceptors (Lipinski definition) is 2. The highest BCUT2D eigenvalue weighted by Crippen LogP contribution is 2.26. The Labute approximate surface area is 130 Å². The molecule has 1 fully saturated rings. The average molecular weight is 315 g/mol. The topological polar surface area (TPSA) is 32.3 Å². The first-order valence-electron chi connectivity index (χ1n) is 6.97. The molecule has 1 aliphatic heterocycles. The Morgan fingerprint density at radius 3 is 2.60 bits per heavy atom. The molecular weight excluding hydrogens is 295 g/mol. The highest BCUT2D eigenvalue weighted by atomic mass is 35.5. The summed E-state index contributed by atoms with van der Waals surface area (Å²) < 4.78 is 0. The van der Waals surface area contributed by atoms with Crippen molar-refractivity contribution in [1.29, 1.82) is 0 Å². The van der Waals surface area contributed by atoms with Crippen molar-refractivity contribution in [1.82, 2.24) is 4.90 Å². The molecule has 1 saturated heterocycles. The molecule has 110 valence electrons. The summed E-state index contributed by atoms with van der Waals surface area (Å²) in [6.07, 6.45) is 2.30. The van der Waals surface area contributed by atoms with Crippen LogP contribution in [-0.2, 0) is 4.79 Å². The van der Waals surface area contributed by atoms with Crippen LogP contribution in [0.25, 0.3) is 0 Å². The van der Waals surface area contributed by atoms with Gasteiger partial charge in [0.2, 0.25) is 5.91 Å². The Hall–Kier alpha value is -0.770. The molecular formula is C15H20Cl2N2O. The van der Waals surface area contributed by atoms with Crippen LogP contribution in [0.1, 0.15) is 26.7 Å². The number of rotatable bonds is 3. The van der Waals surface area contributed by atoms with Crippen LogP contribution in [0, 0.1) is 5.92 Å². The maximum atomic E-state index is 12.3. The smallest absolute Gasteiger partial charge is 0.241 e. The van der Waals surface area contributed by atoms with Crippen LogP contribution in [0.15, 0.2) is 18.2 Å². The molecule has 1 aliphatic rings. The van der Waals surface area contributed by atoms with Gasteiger partial charge >= 0.3 is 0 Å². The summed E-state index contributed by atoms with van der Waals surface area (Å²) in [6, 6.07) is 4.93. The molecule has 3 nitrogen and oxygen atoms in total. The number of anilines is 1. The van der Waals surface area contributed by atoms with Crippen LogP contribution in [0.3, 0.4) is 0 Å². The van der Waals surface area contributed by atoms with Gasteiger partial charge in [0.05, 0.1) is 16.8 Å². The Kier molecular flexibility index (Phi) is 5.30. The number of nitrogens with one attached hydrogen (secondary N) is 1. The van der Waals surface area contributed by atoms with Crippen LogP contribution in [0.5, 0.6) is 0 Å². The number of piperidine rings is 1. The zero-order chi connectivity index (χ0) is 14.7. The largest absolute Gasteiger partial charge is 0.323 e. The second-order valence-electron chi connectivity index (χ2n) is 5.51. The Balaban J connectivity index is 1.97. The van der Waals surface area contributed by atoms with Crippen molar-refractivity contribution in [3.05, 3.63) is 28.2 Å². The third kappa shape index (κ3) is 3.87. The molecule has 20 heavy (non-hydrogen) atoms. The highest BCUT2D eigenvalue weighted by Gasteiger charge is 2.25. The summed E-state index contributed by atoms with van der Waals surface area (Å²) >= 11 is 11.9. The minimum absolute atomic E-state index is 0.0243. The first kappa shape index (κ1) is 15.6. The first-order chi connectivity index (χ1) is 9.47. The molecule has 1 aromatic carbocycles. The van der Waals surface area contributed by atoms with Crippen LogP contribution >= 0.6 is 23.2 Å². The van der Waals surface area contributed by atoms with Gasteiger partial charge < -0.3 is 5.32 Å².